The van der Waals surface area contributed by atoms with Crippen LogP contribution in [0.1, 0.15) is 12.0 Å². The summed E-state index contributed by atoms with van der Waals surface area (Å²) in [6, 6.07) is 3.80. The molecule has 0 aromatic heterocycles. The van der Waals surface area contributed by atoms with Crippen molar-refractivity contribution in [2.75, 3.05) is 20.1 Å². The molecule has 0 bridgehead atoms. The number of aliphatic carboxylic acids is 1. The van der Waals surface area contributed by atoms with E-state index in [1.54, 1.807) is 7.05 Å². The van der Waals surface area contributed by atoms with Gasteiger partial charge in [0.2, 0.25) is 0 Å². The molecule has 17 heavy (non-hydrogen) atoms. The summed E-state index contributed by atoms with van der Waals surface area (Å²) in [4.78, 5) is 12.2. The molecule has 3 nitrogen and oxygen atoms in total. The van der Waals surface area contributed by atoms with Crippen LogP contribution in [0.15, 0.2) is 18.2 Å². The van der Waals surface area contributed by atoms with E-state index in [2.05, 4.69) is 0 Å². The molecule has 0 aliphatic heterocycles. The van der Waals surface area contributed by atoms with Crippen molar-refractivity contribution in [3.63, 3.8) is 0 Å². The van der Waals surface area contributed by atoms with Crippen LogP contribution in [0, 0.1) is 11.6 Å². The van der Waals surface area contributed by atoms with Gasteiger partial charge in [0, 0.05) is 13.1 Å². The maximum absolute atomic E-state index is 12.9. The Morgan fingerprint density at radius 1 is 1.29 bits per heavy atom. The van der Waals surface area contributed by atoms with Gasteiger partial charge in [-0.05, 0) is 31.2 Å². The minimum Gasteiger partial charge on any atom is -0.481 e. The van der Waals surface area contributed by atoms with Gasteiger partial charge < -0.3 is 10.0 Å². The van der Waals surface area contributed by atoms with E-state index in [-0.39, 0.29) is 6.42 Å². The first-order chi connectivity index (χ1) is 7.99. The molecule has 1 N–H and O–H groups in total. The standard InChI is InChI=1S/C12H15F2NO2/c1-15(7-5-12(16)17)6-4-9-2-3-10(13)11(14)8-9/h2-3,8H,4-7H2,1H3,(H,16,17). The Morgan fingerprint density at radius 3 is 2.59 bits per heavy atom. The van der Waals surface area contributed by atoms with Gasteiger partial charge >= 0.3 is 5.97 Å². The van der Waals surface area contributed by atoms with Crippen LogP contribution < -0.4 is 0 Å². The summed E-state index contributed by atoms with van der Waals surface area (Å²) in [5, 5.41) is 8.50. The van der Waals surface area contributed by atoms with Crippen molar-refractivity contribution in [2.45, 2.75) is 12.8 Å². The van der Waals surface area contributed by atoms with Crippen LogP contribution in [0.3, 0.4) is 0 Å². The van der Waals surface area contributed by atoms with Crippen molar-refractivity contribution < 1.29 is 18.7 Å². The highest BCUT2D eigenvalue weighted by molar-refractivity contribution is 5.66. The summed E-state index contributed by atoms with van der Waals surface area (Å²) < 4.78 is 25.5. The second-order valence-electron chi connectivity index (χ2n) is 3.95. The fraction of sp³-hybridized carbons (Fsp3) is 0.417. The average molecular weight is 243 g/mol. The van der Waals surface area contributed by atoms with E-state index >= 15 is 0 Å². The van der Waals surface area contributed by atoms with Crippen LogP contribution in [-0.4, -0.2) is 36.1 Å². The van der Waals surface area contributed by atoms with Gasteiger partial charge in [-0.3, -0.25) is 4.79 Å². The Balaban J connectivity index is 2.39. The number of carbonyl (C=O) groups is 1. The molecule has 0 spiro atoms. The first-order valence-electron chi connectivity index (χ1n) is 5.33. The van der Waals surface area contributed by atoms with Gasteiger partial charge in [-0.25, -0.2) is 8.78 Å². The second kappa shape index (κ2) is 6.30. The van der Waals surface area contributed by atoms with Crippen LogP contribution in [-0.2, 0) is 11.2 Å². The molecular formula is C12H15F2NO2. The normalized spacial score (nSPS) is 10.8. The third-order valence-electron chi connectivity index (χ3n) is 2.47. The summed E-state index contributed by atoms with van der Waals surface area (Å²) in [6.07, 6.45) is 0.640. The molecule has 0 atom stereocenters. The fourth-order valence-electron chi connectivity index (χ4n) is 1.41. The number of nitrogens with zero attached hydrogens (tertiary/aromatic N) is 1. The van der Waals surface area contributed by atoms with Crippen molar-refractivity contribution in [1.29, 1.82) is 0 Å². The molecule has 0 saturated heterocycles. The van der Waals surface area contributed by atoms with E-state index in [1.165, 1.54) is 12.1 Å². The Hall–Kier alpha value is -1.49. The predicted molar refractivity (Wildman–Crippen MR) is 59.8 cm³/mol. The lowest BCUT2D eigenvalue weighted by Crippen LogP contribution is -2.24. The molecule has 0 amide bonds. The van der Waals surface area contributed by atoms with Crippen LogP contribution in [0.5, 0.6) is 0 Å². The zero-order valence-corrected chi connectivity index (χ0v) is 9.62. The first-order valence-corrected chi connectivity index (χ1v) is 5.33. The van der Waals surface area contributed by atoms with E-state index in [9.17, 15) is 13.6 Å². The SMILES string of the molecule is CN(CCC(=O)O)CCc1ccc(F)c(F)c1. The number of halogens is 2. The molecule has 0 heterocycles. The summed E-state index contributed by atoms with van der Waals surface area (Å²) >= 11 is 0. The third-order valence-corrected chi connectivity index (χ3v) is 2.47. The number of hydrogen-bond donors (Lipinski definition) is 1. The molecule has 1 aromatic rings. The highest BCUT2D eigenvalue weighted by atomic mass is 19.2. The minimum atomic E-state index is -0.854. The zero-order chi connectivity index (χ0) is 12.8. The Morgan fingerprint density at radius 2 is 2.00 bits per heavy atom. The van der Waals surface area contributed by atoms with Crippen LogP contribution >= 0.6 is 0 Å². The molecule has 0 aliphatic carbocycles. The van der Waals surface area contributed by atoms with Crippen molar-refractivity contribution in [1.82, 2.24) is 4.90 Å². The molecule has 0 unspecified atom stereocenters. The molecule has 0 fully saturated rings. The molecule has 1 rings (SSSR count). The maximum atomic E-state index is 12.9. The highest BCUT2D eigenvalue weighted by Gasteiger charge is 2.05. The predicted octanol–water partition coefficient (Wildman–Crippen LogP) is 1.91. The second-order valence-corrected chi connectivity index (χ2v) is 3.95. The maximum Gasteiger partial charge on any atom is 0.304 e. The number of carboxylic acids is 1. The number of rotatable bonds is 6. The number of likely N-dealkylation sites (N-methyl/N-ethyl adjacent to an activating group) is 1. The lowest BCUT2D eigenvalue weighted by atomic mass is 10.1. The van der Waals surface area contributed by atoms with Gasteiger partial charge in [0.25, 0.3) is 0 Å². The fourth-order valence-corrected chi connectivity index (χ4v) is 1.41. The number of hydrogen-bond acceptors (Lipinski definition) is 2. The summed E-state index contributed by atoms with van der Waals surface area (Å²) in [6.45, 7) is 1.05. The van der Waals surface area contributed by atoms with Crippen molar-refractivity contribution >= 4 is 5.97 Å². The quantitative estimate of drug-likeness (QED) is 0.829. The van der Waals surface area contributed by atoms with E-state index in [0.29, 0.717) is 25.1 Å². The Kier molecular flexibility index (Phi) is 5.03. The monoisotopic (exact) mass is 243 g/mol. The number of carboxylic acid groups (broad SMARTS) is 1. The molecule has 1 aromatic carbocycles. The van der Waals surface area contributed by atoms with Gasteiger partial charge in [-0.2, -0.15) is 0 Å². The van der Waals surface area contributed by atoms with E-state index in [1.807, 2.05) is 4.90 Å². The minimum absolute atomic E-state index is 0.0777. The van der Waals surface area contributed by atoms with Crippen molar-refractivity contribution in [3.05, 3.63) is 35.4 Å². The first kappa shape index (κ1) is 13.6. The van der Waals surface area contributed by atoms with Crippen LogP contribution in [0.25, 0.3) is 0 Å². The number of benzene rings is 1. The van der Waals surface area contributed by atoms with Gasteiger partial charge in [0.1, 0.15) is 0 Å². The largest absolute Gasteiger partial charge is 0.481 e. The van der Waals surface area contributed by atoms with Gasteiger partial charge in [-0.1, -0.05) is 6.07 Å². The van der Waals surface area contributed by atoms with E-state index in [0.717, 1.165) is 6.07 Å². The smallest absolute Gasteiger partial charge is 0.304 e. The lowest BCUT2D eigenvalue weighted by molar-refractivity contribution is -0.137. The van der Waals surface area contributed by atoms with E-state index < -0.39 is 17.6 Å². The molecule has 5 heteroatoms. The molecule has 0 radical (unpaired) electrons. The van der Waals surface area contributed by atoms with Gasteiger partial charge in [0.05, 0.1) is 6.42 Å². The molecule has 0 saturated carbocycles. The summed E-state index contributed by atoms with van der Waals surface area (Å²) in [7, 11) is 1.79. The Bertz CT molecular complexity index is 396. The molecular weight excluding hydrogens is 228 g/mol. The summed E-state index contributed by atoms with van der Waals surface area (Å²) in [5.74, 6) is -2.55. The van der Waals surface area contributed by atoms with Crippen LogP contribution in [0.4, 0.5) is 8.78 Å². The molecule has 0 aliphatic rings. The molecule has 94 valence electrons. The van der Waals surface area contributed by atoms with Gasteiger partial charge in [0.15, 0.2) is 11.6 Å². The van der Waals surface area contributed by atoms with E-state index in [4.69, 9.17) is 5.11 Å². The summed E-state index contributed by atoms with van der Waals surface area (Å²) in [5.41, 5.74) is 0.700. The zero-order valence-electron chi connectivity index (χ0n) is 9.62. The van der Waals surface area contributed by atoms with Crippen molar-refractivity contribution in [3.8, 4) is 0 Å². The Labute approximate surface area is 98.7 Å². The lowest BCUT2D eigenvalue weighted by Gasteiger charge is -2.15. The highest BCUT2D eigenvalue weighted by Crippen LogP contribution is 2.09. The topological polar surface area (TPSA) is 40.5 Å². The average Bonchev–Trinajstić information content (AvgIpc) is 2.28. The van der Waals surface area contributed by atoms with Crippen LogP contribution in [0.2, 0.25) is 0 Å². The third kappa shape index (κ3) is 4.91. The van der Waals surface area contributed by atoms with Crippen molar-refractivity contribution in [2.24, 2.45) is 0 Å². The van der Waals surface area contributed by atoms with Gasteiger partial charge in [-0.15, -0.1) is 0 Å².